The van der Waals surface area contributed by atoms with Crippen LogP contribution in [-0.4, -0.2) is 50.2 Å². The summed E-state index contributed by atoms with van der Waals surface area (Å²) in [7, 11) is -3.61. The zero-order valence-corrected chi connectivity index (χ0v) is 18.4. The topological polar surface area (TPSA) is 86.8 Å². The number of nitrogens with zero attached hydrogens (tertiary/aromatic N) is 2. The van der Waals surface area contributed by atoms with Crippen molar-refractivity contribution >= 4 is 27.5 Å². The van der Waals surface area contributed by atoms with E-state index in [1.807, 2.05) is 0 Å². The molecule has 2 aliphatic heterocycles. The highest BCUT2D eigenvalue weighted by Gasteiger charge is 2.33. The van der Waals surface area contributed by atoms with Crippen molar-refractivity contribution < 1.29 is 18.0 Å². The maximum absolute atomic E-state index is 13.2. The van der Waals surface area contributed by atoms with E-state index in [2.05, 4.69) is 5.32 Å². The van der Waals surface area contributed by atoms with Crippen molar-refractivity contribution in [1.29, 1.82) is 0 Å². The summed E-state index contributed by atoms with van der Waals surface area (Å²) in [5.74, 6) is -0.0497. The molecule has 0 aromatic heterocycles. The van der Waals surface area contributed by atoms with Gasteiger partial charge in [-0.2, -0.15) is 4.31 Å². The Morgan fingerprint density at radius 2 is 1.70 bits per heavy atom. The average molecular weight is 434 g/mol. The van der Waals surface area contributed by atoms with Crippen LogP contribution in [0.25, 0.3) is 0 Å². The molecular formula is C22H31N3O4S. The lowest BCUT2D eigenvalue weighted by Gasteiger charge is -2.32. The quantitative estimate of drug-likeness (QED) is 0.790. The molecule has 2 amide bonds. The van der Waals surface area contributed by atoms with Gasteiger partial charge in [-0.1, -0.05) is 12.8 Å². The van der Waals surface area contributed by atoms with E-state index in [4.69, 9.17) is 0 Å². The van der Waals surface area contributed by atoms with Gasteiger partial charge in [0.25, 0.3) is 0 Å². The number of sulfonamides is 1. The molecule has 1 aromatic carbocycles. The summed E-state index contributed by atoms with van der Waals surface area (Å²) in [6.45, 7) is 2.93. The van der Waals surface area contributed by atoms with Gasteiger partial charge in [0.05, 0.1) is 4.90 Å². The number of piperidine rings is 1. The zero-order chi connectivity index (χ0) is 21.3. The second-order valence-corrected chi connectivity index (χ2v) is 10.7. The van der Waals surface area contributed by atoms with Crippen LogP contribution in [0.3, 0.4) is 0 Å². The first-order chi connectivity index (χ1) is 14.4. The standard InChI is InChI=1S/C22H31N3O4S/c1-16(26)25-12-4-5-18-15-20(8-9-21(18)25)30(28,29)24-13-10-17(11-14-24)22(27)23-19-6-2-3-7-19/h8-9,15,17,19H,2-7,10-14H2,1H3,(H,23,27). The van der Waals surface area contributed by atoms with E-state index in [0.29, 0.717) is 38.5 Å². The van der Waals surface area contributed by atoms with Crippen molar-refractivity contribution in [2.45, 2.75) is 69.2 Å². The molecule has 0 unspecified atom stereocenters. The lowest BCUT2D eigenvalue weighted by atomic mass is 9.97. The number of benzene rings is 1. The lowest BCUT2D eigenvalue weighted by molar-refractivity contribution is -0.126. The highest BCUT2D eigenvalue weighted by molar-refractivity contribution is 7.89. The van der Waals surface area contributed by atoms with Crippen molar-refractivity contribution in [1.82, 2.24) is 9.62 Å². The van der Waals surface area contributed by atoms with E-state index in [-0.39, 0.29) is 22.6 Å². The fourth-order valence-electron chi connectivity index (χ4n) is 4.96. The Balaban J connectivity index is 1.42. The Bertz CT molecular complexity index is 916. The first-order valence-corrected chi connectivity index (χ1v) is 12.5. The molecule has 0 radical (unpaired) electrons. The highest BCUT2D eigenvalue weighted by atomic mass is 32.2. The third-order valence-electron chi connectivity index (χ3n) is 6.71. The van der Waals surface area contributed by atoms with Crippen molar-refractivity contribution in [3.05, 3.63) is 23.8 Å². The number of carbonyl (C=O) groups is 2. The molecule has 4 rings (SSSR count). The van der Waals surface area contributed by atoms with Crippen molar-refractivity contribution in [3.8, 4) is 0 Å². The number of hydrogen-bond donors (Lipinski definition) is 1. The maximum atomic E-state index is 13.2. The summed E-state index contributed by atoms with van der Waals surface area (Å²) in [4.78, 5) is 26.4. The van der Waals surface area contributed by atoms with Gasteiger partial charge in [0, 0.05) is 44.2 Å². The number of aryl methyl sites for hydroxylation is 1. The summed E-state index contributed by atoms with van der Waals surface area (Å²) in [6.07, 6.45) is 7.17. The van der Waals surface area contributed by atoms with Gasteiger partial charge >= 0.3 is 0 Å². The van der Waals surface area contributed by atoms with Crippen LogP contribution in [0.2, 0.25) is 0 Å². The minimum Gasteiger partial charge on any atom is -0.353 e. The largest absolute Gasteiger partial charge is 0.353 e. The molecule has 3 aliphatic rings. The third-order valence-corrected chi connectivity index (χ3v) is 8.61. The van der Waals surface area contributed by atoms with Gasteiger partial charge in [-0.3, -0.25) is 9.59 Å². The molecule has 2 fully saturated rings. The number of fused-ring (bicyclic) bond motifs is 1. The van der Waals surface area contributed by atoms with Crippen molar-refractivity contribution in [2.24, 2.45) is 5.92 Å². The van der Waals surface area contributed by atoms with E-state index >= 15 is 0 Å². The van der Waals surface area contributed by atoms with Crippen LogP contribution in [0.15, 0.2) is 23.1 Å². The van der Waals surface area contributed by atoms with Crippen LogP contribution in [0, 0.1) is 5.92 Å². The van der Waals surface area contributed by atoms with Crippen LogP contribution in [0.4, 0.5) is 5.69 Å². The third kappa shape index (κ3) is 4.25. The first-order valence-electron chi connectivity index (χ1n) is 11.1. The molecule has 1 N–H and O–H groups in total. The van der Waals surface area contributed by atoms with Gasteiger partial charge in [-0.25, -0.2) is 8.42 Å². The van der Waals surface area contributed by atoms with Gasteiger partial charge in [0.2, 0.25) is 21.8 Å². The Hall–Kier alpha value is -1.93. The molecule has 0 spiro atoms. The zero-order valence-electron chi connectivity index (χ0n) is 17.6. The molecule has 1 aliphatic carbocycles. The Morgan fingerprint density at radius 1 is 1.00 bits per heavy atom. The fourth-order valence-corrected chi connectivity index (χ4v) is 6.48. The van der Waals surface area contributed by atoms with Crippen LogP contribution < -0.4 is 10.2 Å². The van der Waals surface area contributed by atoms with E-state index < -0.39 is 10.0 Å². The molecule has 0 bridgehead atoms. The predicted octanol–water partition coefficient (Wildman–Crippen LogP) is 2.45. The minimum atomic E-state index is -3.61. The molecule has 8 heteroatoms. The van der Waals surface area contributed by atoms with Crippen molar-refractivity contribution in [2.75, 3.05) is 24.5 Å². The highest BCUT2D eigenvalue weighted by Crippen LogP contribution is 2.32. The van der Waals surface area contributed by atoms with E-state index in [1.54, 1.807) is 23.1 Å². The average Bonchev–Trinajstić information content (AvgIpc) is 3.25. The molecule has 30 heavy (non-hydrogen) atoms. The first kappa shape index (κ1) is 21.3. The normalized spacial score (nSPS) is 21.4. The SMILES string of the molecule is CC(=O)N1CCCc2cc(S(=O)(=O)N3CCC(C(=O)NC4CCCC4)CC3)ccc21. The second kappa shape index (κ2) is 8.67. The van der Waals surface area contributed by atoms with Crippen LogP contribution in [0.5, 0.6) is 0 Å². The summed E-state index contributed by atoms with van der Waals surface area (Å²) in [5, 5.41) is 3.14. The summed E-state index contributed by atoms with van der Waals surface area (Å²) >= 11 is 0. The Labute approximate surface area is 178 Å². The molecule has 164 valence electrons. The van der Waals surface area contributed by atoms with Crippen LogP contribution in [-0.2, 0) is 26.0 Å². The smallest absolute Gasteiger partial charge is 0.243 e. The molecule has 2 heterocycles. The van der Waals surface area contributed by atoms with Crippen molar-refractivity contribution in [3.63, 3.8) is 0 Å². The Kier molecular flexibility index (Phi) is 6.16. The molecule has 7 nitrogen and oxygen atoms in total. The number of anilines is 1. The van der Waals surface area contributed by atoms with Gasteiger partial charge < -0.3 is 10.2 Å². The predicted molar refractivity (Wildman–Crippen MR) is 115 cm³/mol. The maximum Gasteiger partial charge on any atom is 0.243 e. The lowest BCUT2D eigenvalue weighted by Crippen LogP contribution is -2.44. The van der Waals surface area contributed by atoms with Crippen LogP contribution in [0.1, 0.15) is 57.4 Å². The number of hydrogen-bond acceptors (Lipinski definition) is 4. The number of nitrogens with one attached hydrogen (secondary N) is 1. The van der Waals surface area contributed by atoms with Gasteiger partial charge in [0.15, 0.2) is 0 Å². The summed E-state index contributed by atoms with van der Waals surface area (Å²) in [6, 6.07) is 5.38. The number of rotatable bonds is 4. The molecule has 0 atom stereocenters. The number of carbonyl (C=O) groups excluding carboxylic acids is 2. The van der Waals surface area contributed by atoms with Gasteiger partial charge in [-0.15, -0.1) is 0 Å². The molecular weight excluding hydrogens is 402 g/mol. The molecule has 1 saturated carbocycles. The van der Waals surface area contributed by atoms with Crippen LogP contribution >= 0.6 is 0 Å². The fraction of sp³-hybridized carbons (Fsp3) is 0.636. The summed E-state index contributed by atoms with van der Waals surface area (Å²) in [5.41, 5.74) is 1.72. The minimum absolute atomic E-state index is 0.0236. The second-order valence-electron chi connectivity index (χ2n) is 8.73. The van der Waals surface area contributed by atoms with E-state index in [0.717, 1.165) is 36.9 Å². The monoisotopic (exact) mass is 433 g/mol. The molecule has 1 aromatic rings. The number of amides is 2. The van der Waals surface area contributed by atoms with E-state index in [9.17, 15) is 18.0 Å². The van der Waals surface area contributed by atoms with Gasteiger partial charge in [0.1, 0.15) is 0 Å². The van der Waals surface area contributed by atoms with E-state index in [1.165, 1.54) is 24.1 Å². The summed E-state index contributed by atoms with van der Waals surface area (Å²) < 4.78 is 27.9. The molecule has 1 saturated heterocycles. The van der Waals surface area contributed by atoms with Gasteiger partial charge in [-0.05, 0) is 62.3 Å². The Morgan fingerprint density at radius 3 is 2.37 bits per heavy atom.